The van der Waals surface area contributed by atoms with Gasteiger partial charge in [-0.1, -0.05) is 17.7 Å². The molecule has 0 spiro atoms. The molecule has 0 aliphatic heterocycles. The van der Waals surface area contributed by atoms with Gasteiger partial charge in [-0.05, 0) is 61.5 Å². The van der Waals surface area contributed by atoms with Crippen LogP contribution in [0.15, 0.2) is 90.1 Å². The Bertz CT molecular complexity index is 1190. The second kappa shape index (κ2) is 7.76. The third-order valence-electron chi connectivity index (χ3n) is 4.16. The summed E-state index contributed by atoms with van der Waals surface area (Å²) in [5, 5.41) is 8.17. The second-order valence-corrected chi connectivity index (χ2v) is 8.05. The summed E-state index contributed by atoms with van der Waals surface area (Å²) in [7, 11) is -3.64. The number of aryl methyl sites for hydroxylation is 1. The fourth-order valence-electron chi connectivity index (χ4n) is 2.64. The molecular weight excluding hydrogens is 388 g/mol. The molecule has 1 N–H and O–H groups in total. The number of rotatable bonds is 6. The van der Waals surface area contributed by atoms with Crippen molar-refractivity contribution in [3.05, 3.63) is 90.8 Å². The van der Waals surface area contributed by atoms with E-state index in [-0.39, 0.29) is 4.90 Å². The topological polar surface area (TPSA) is 86.1 Å². The highest BCUT2D eigenvalue weighted by Crippen LogP contribution is 2.23. The lowest BCUT2D eigenvalue weighted by Crippen LogP contribution is -2.12. The molecule has 0 saturated heterocycles. The van der Waals surface area contributed by atoms with E-state index in [2.05, 4.69) is 14.9 Å². The largest absolute Gasteiger partial charge is 0.438 e. The SMILES string of the molecule is Cc1ccc(S(=O)(=O)Nc2ccc(Oc3ccc(-n4cccc4)nn3)cc2)cc1. The van der Waals surface area contributed by atoms with Crippen LogP contribution in [0.2, 0.25) is 0 Å². The van der Waals surface area contributed by atoms with E-state index in [9.17, 15) is 8.42 Å². The van der Waals surface area contributed by atoms with Gasteiger partial charge in [0.25, 0.3) is 10.0 Å². The van der Waals surface area contributed by atoms with Crippen molar-refractivity contribution >= 4 is 15.7 Å². The highest BCUT2D eigenvalue weighted by Gasteiger charge is 2.13. The number of nitrogens with one attached hydrogen (secondary N) is 1. The van der Waals surface area contributed by atoms with Crippen LogP contribution in [0.5, 0.6) is 11.6 Å². The van der Waals surface area contributed by atoms with Gasteiger partial charge >= 0.3 is 0 Å². The smallest absolute Gasteiger partial charge is 0.261 e. The van der Waals surface area contributed by atoms with Crippen molar-refractivity contribution in [3.63, 3.8) is 0 Å². The second-order valence-electron chi connectivity index (χ2n) is 6.37. The summed E-state index contributed by atoms with van der Waals surface area (Å²) in [5.41, 5.74) is 1.43. The quantitative estimate of drug-likeness (QED) is 0.519. The van der Waals surface area contributed by atoms with Crippen LogP contribution in [0.4, 0.5) is 5.69 Å². The van der Waals surface area contributed by atoms with Crippen molar-refractivity contribution in [2.75, 3.05) is 4.72 Å². The molecule has 0 amide bonds. The molecule has 146 valence electrons. The van der Waals surface area contributed by atoms with Gasteiger partial charge in [0.1, 0.15) is 5.75 Å². The zero-order valence-electron chi connectivity index (χ0n) is 15.6. The molecule has 29 heavy (non-hydrogen) atoms. The maximum absolute atomic E-state index is 12.5. The molecule has 2 heterocycles. The van der Waals surface area contributed by atoms with E-state index in [0.717, 1.165) is 5.56 Å². The molecule has 0 bridgehead atoms. The molecule has 0 radical (unpaired) electrons. The van der Waals surface area contributed by atoms with Gasteiger partial charge in [0, 0.05) is 24.1 Å². The Labute approximate surface area is 168 Å². The maximum Gasteiger partial charge on any atom is 0.261 e. The summed E-state index contributed by atoms with van der Waals surface area (Å²) >= 11 is 0. The predicted molar refractivity (Wildman–Crippen MR) is 110 cm³/mol. The van der Waals surface area contributed by atoms with E-state index in [0.29, 0.717) is 23.1 Å². The molecule has 0 unspecified atom stereocenters. The van der Waals surface area contributed by atoms with Gasteiger partial charge in [-0.25, -0.2) is 8.42 Å². The molecule has 0 fully saturated rings. The lowest BCUT2D eigenvalue weighted by atomic mass is 10.2. The van der Waals surface area contributed by atoms with Gasteiger partial charge in [0.15, 0.2) is 5.82 Å². The highest BCUT2D eigenvalue weighted by molar-refractivity contribution is 7.92. The first-order valence-corrected chi connectivity index (χ1v) is 10.3. The monoisotopic (exact) mass is 406 g/mol. The zero-order valence-corrected chi connectivity index (χ0v) is 16.4. The Kier molecular flexibility index (Phi) is 5.01. The molecule has 7 nitrogen and oxygen atoms in total. The Balaban J connectivity index is 1.43. The first-order chi connectivity index (χ1) is 14.0. The molecular formula is C21H18N4O3S. The van der Waals surface area contributed by atoms with Crippen LogP contribution in [-0.2, 0) is 10.0 Å². The fraction of sp³-hybridized carbons (Fsp3) is 0.0476. The molecule has 8 heteroatoms. The lowest BCUT2D eigenvalue weighted by Gasteiger charge is -2.10. The molecule has 0 saturated carbocycles. The van der Waals surface area contributed by atoms with E-state index >= 15 is 0 Å². The molecule has 0 aliphatic carbocycles. The highest BCUT2D eigenvalue weighted by atomic mass is 32.2. The number of benzene rings is 2. The van der Waals surface area contributed by atoms with Gasteiger partial charge in [0.2, 0.25) is 5.88 Å². The van der Waals surface area contributed by atoms with Crippen LogP contribution in [-0.4, -0.2) is 23.2 Å². The molecule has 0 atom stereocenters. The summed E-state index contributed by atoms with van der Waals surface area (Å²) in [6.07, 6.45) is 3.75. The Morgan fingerprint density at radius 1 is 0.862 bits per heavy atom. The molecule has 2 aromatic heterocycles. The average molecular weight is 406 g/mol. The van der Waals surface area contributed by atoms with Crippen LogP contribution in [0.3, 0.4) is 0 Å². The Morgan fingerprint density at radius 3 is 2.17 bits per heavy atom. The van der Waals surface area contributed by atoms with Crippen molar-refractivity contribution in [3.8, 4) is 17.4 Å². The van der Waals surface area contributed by atoms with Crippen LogP contribution >= 0.6 is 0 Å². The van der Waals surface area contributed by atoms with E-state index in [1.807, 2.05) is 36.0 Å². The summed E-state index contributed by atoms with van der Waals surface area (Å²) in [6, 6.07) is 20.6. The predicted octanol–water partition coefficient (Wildman–Crippen LogP) is 4.17. The Morgan fingerprint density at radius 2 is 1.55 bits per heavy atom. The number of aromatic nitrogens is 3. The minimum Gasteiger partial charge on any atom is -0.438 e. The average Bonchev–Trinajstić information content (AvgIpc) is 3.25. The van der Waals surface area contributed by atoms with Crippen molar-refractivity contribution in [1.29, 1.82) is 0 Å². The number of sulfonamides is 1. The number of hydrogen-bond acceptors (Lipinski definition) is 5. The van der Waals surface area contributed by atoms with E-state index in [1.165, 1.54) is 0 Å². The standard InChI is InChI=1S/C21H18N4O3S/c1-16-4-10-19(11-5-16)29(26,27)24-17-6-8-18(9-7-17)28-21-13-12-20(22-23-21)25-14-2-3-15-25/h2-15,24H,1H3. The first-order valence-electron chi connectivity index (χ1n) is 8.84. The minimum absolute atomic E-state index is 0.210. The minimum atomic E-state index is -3.64. The van der Waals surface area contributed by atoms with Crippen molar-refractivity contribution in [2.24, 2.45) is 0 Å². The van der Waals surface area contributed by atoms with Gasteiger partial charge < -0.3 is 9.30 Å². The lowest BCUT2D eigenvalue weighted by molar-refractivity contribution is 0.454. The van der Waals surface area contributed by atoms with Crippen LogP contribution in [0.25, 0.3) is 5.82 Å². The molecule has 2 aromatic carbocycles. The van der Waals surface area contributed by atoms with E-state index in [4.69, 9.17) is 4.74 Å². The van der Waals surface area contributed by atoms with Crippen molar-refractivity contribution in [1.82, 2.24) is 14.8 Å². The Hall–Kier alpha value is -3.65. The van der Waals surface area contributed by atoms with Gasteiger partial charge in [-0.2, -0.15) is 0 Å². The summed E-state index contributed by atoms with van der Waals surface area (Å²) < 4.78 is 35.0. The normalized spacial score (nSPS) is 11.2. The number of nitrogens with zero attached hydrogens (tertiary/aromatic N) is 3. The zero-order chi connectivity index (χ0) is 20.3. The van der Waals surface area contributed by atoms with Crippen LogP contribution in [0.1, 0.15) is 5.56 Å². The third-order valence-corrected chi connectivity index (χ3v) is 5.55. The van der Waals surface area contributed by atoms with Gasteiger partial charge in [-0.3, -0.25) is 4.72 Å². The van der Waals surface area contributed by atoms with E-state index < -0.39 is 10.0 Å². The first kappa shape index (κ1) is 18.7. The molecule has 0 aliphatic rings. The van der Waals surface area contributed by atoms with Gasteiger partial charge in [0.05, 0.1) is 4.90 Å². The van der Waals surface area contributed by atoms with Gasteiger partial charge in [-0.15, -0.1) is 10.2 Å². The number of anilines is 1. The third kappa shape index (κ3) is 4.44. The fourth-order valence-corrected chi connectivity index (χ4v) is 3.69. The summed E-state index contributed by atoms with van der Waals surface area (Å²) in [4.78, 5) is 0.210. The van der Waals surface area contributed by atoms with Crippen LogP contribution in [0, 0.1) is 6.92 Å². The van der Waals surface area contributed by atoms with E-state index in [1.54, 1.807) is 60.7 Å². The summed E-state index contributed by atoms with van der Waals surface area (Å²) in [6.45, 7) is 1.90. The number of ether oxygens (including phenoxy) is 1. The van der Waals surface area contributed by atoms with Crippen molar-refractivity contribution < 1.29 is 13.2 Å². The summed E-state index contributed by atoms with van der Waals surface area (Å²) in [5.74, 6) is 1.54. The van der Waals surface area contributed by atoms with Crippen LogP contribution < -0.4 is 9.46 Å². The molecule has 4 rings (SSSR count). The molecule has 4 aromatic rings. The van der Waals surface area contributed by atoms with Crippen molar-refractivity contribution in [2.45, 2.75) is 11.8 Å². The number of hydrogen-bond donors (Lipinski definition) is 1. The maximum atomic E-state index is 12.5.